The molecule has 0 spiro atoms. The molecule has 7 heteroatoms. The second kappa shape index (κ2) is 9.39. The van der Waals surface area contributed by atoms with Crippen molar-refractivity contribution in [1.82, 2.24) is 14.8 Å². The number of piperazine rings is 1. The number of amides is 2. The van der Waals surface area contributed by atoms with Crippen LogP contribution < -0.4 is 4.74 Å². The summed E-state index contributed by atoms with van der Waals surface area (Å²) in [7, 11) is 0. The summed E-state index contributed by atoms with van der Waals surface area (Å²) in [6.07, 6.45) is 0.923. The minimum absolute atomic E-state index is 0.00644. The number of carbonyl (C=O) groups excluding carboxylic acids is 2. The van der Waals surface area contributed by atoms with Gasteiger partial charge in [-0.05, 0) is 48.7 Å². The zero-order valence-corrected chi connectivity index (χ0v) is 20.6. The molecular formula is C30H28FN3O3. The summed E-state index contributed by atoms with van der Waals surface area (Å²) in [6.45, 7) is 2.78. The highest BCUT2D eigenvalue weighted by Gasteiger charge is 2.48. The number of H-pyrrole nitrogens is 1. The van der Waals surface area contributed by atoms with Crippen LogP contribution in [-0.4, -0.2) is 52.3 Å². The number of aromatic nitrogens is 1. The molecule has 0 radical (unpaired) electrons. The molecule has 3 aromatic carbocycles. The minimum atomic E-state index is -0.625. The normalized spacial score (nSPS) is 19.2. The second-order valence-electron chi connectivity index (χ2n) is 9.60. The van der Waals surface area contributed by atoms with Crippen LogP contribution in [0.5, 0.6) is 5.75 Å². The lowest BCUT2D eigenvalue weighted by atomic mass is 9.86. The van der Waals surface area contributed by atoms with E-state index in [1.807, 2.05) is 55.5 Å². The Kier molecular flexibility index (Phi) is 5.91. The van der Waals surface area contributed by atoms with Gasteiger partial charge in [-0.25, -0.2) is 4.39 Å². The fourth-order valence-electron chi connectivity index (χ4n) is 5.79. The zero-order valence-electron chi connectivity index (χ0n) is 20.6. The monoisotopic (exact) mass is 497 g/mol. The highest BCUT2D eigenvalue weighted by atomic mass is 19.1. The summed E-state index contributed by atoms with van der Waals surface area (Å²) in [5.74, 6) is 0.212. The topological polar surface area (TPSA) is 65.6 Å². The van der Waals surface area contributed by atoms with Gasteiger partial charge < -0.3 is 19.5 Å². The van der Waals surface area contributed by atoms with Crippen LogP contribution in [0.25, 0.3) is 10.9 Å². The number of rotatable bonds is 6. The quantitative estimate of drug-likeness (QED) is 0.422. The molecule has 2 aliphatic rings. The molecular weight excluding hydrogens is 469 g/mol. The summed E-state index contributed by atoms with van der Waals surface area (Å²) >= 11 is 0. The lowest BCUT2D eigenvalue weighted by Crippen LogP contribution is -2.63. The molecule has 1 N–H and O–H groups in total. The first-order valence-electron chi connectivity index (χ1n) is 12.7. The van der Waals surface area contributed by atoms with Gasteiger partial charge in [0.1, 0.15) is 23.7 Å². The first kappa shape index (κ1) is 23.3. The maximum absolute atomic E-state index is 13.9. The number of hydrogen-bond acceptors (Lipinski definition) is 3. The van der Waals surface area contributed by atoms with Gasteiger partial charge in [-0.3, -0.25) is 9.59 Å². The molecule has 3 heterocycles. The molecule has 2 aliphatic heterocycles. The standard InChI is InChI=1S/C30H28FN3O3/c1-2-37-26-13-6-4-11-22(26)29-28-23(21-10-3-5-12-24(21)32-28)17-25-30(36)33(18-27(35)34(25)29)15-14-19-8-7-9-20(31)16-19/h3-13,16,25,29,32H,2,14-15,17-18H2,1H3/t25-,29+/m0/s1. The number of aromatic amines is 1. The number of hydrogen-bond donors (Lipinski definition) is 1. The molecule has 37 heavy (non-hydrogen) atoms. The molecule has 0 aliphatic carbocycles. The fourth-order valence-corrected chi connectivity index (χ4v) is 5.79. The molecule has 6 rings (SSSR count). The molecule has 2 atom stereocenters. The number of nitrogens with zero attached hydrogens (tertiary/aromatic N) is 2. The molecule has 0 saturated carbocycles. The SMILES string of the molecule is CCOc1ccccc1[C@@H]1c2[nH]c3ccccc3c2C[C@H]2C(=O)N(CCc3cccc(F)c3)CC(=O)N12. The van der Waals surface area contributed by atoms with Gasteiger partial charge in [0.2, 0.25) is 11.8 Å². The van der Waals surface area contributed by atoms with Crippen LogP contribution in [0.3, 0.4) is 0 Å². The largest absolute Gasteiger partial charge is 0.494 e. The minimum Gasteiger partial charge on any atom is -0.494 e. The molecule has 1 saturated heterocycles. The lowest BCUT2D eigenvalue weighted by Gasteiger charge is -2.47. The van der Waals surface area contributed by atoms with E-state index in [1.54, 1.807) is 15.9 Å². The van der Waals surface area contributed by atoms with Crippen LogP contribution in [0.1, 0.15) is 35.3 Å². The lowest BCUT2D eigenvalue weighted by molar-refractivity contribution is -0.158. The number of ether oxygens (including phenoxy) is 1. The Balaban J connectivity index is 1.41. The third-order valence-corrected chi connectivity index (χ3v) is 7.42. The molecule has 4 aromatic rings. The van der Waals surface area contributed by atoms with Crippen molar-refractivity contribution in [2.45, 2.75) is 31.8 Å². The number of fused-ring (bicyclic) bond motifs is 4. The Morgan fingerprint density at radius 3 is 2.68 bits per heavy atom. The molecule has 6 nitrogen and oxygen atoms in total. The Morgan fingerprint density at radius 2 is 1.84 bits per heavy atom. The zero-order chi connectivity index (χ0) is 25.5. The first-order chi connectivity index (χ1) is 18.0. The van der Waals surface area contributed by atoms with Crippen molar-refractivity contribution in [3.63, 3.8) is 0 Å². The van der Waals surface area contributed by atoms with E-state index in [9.17, 15) is 14.0 Å². The molecule has 0 bridgehead atoms. The number of nitrogens with one attached hydrogen (secondary N) is 1. The first-order valence-corrected chi connectivity index (χ1v) is 12.7. The number of carbonyl (C=O) groups is 2. The third-order valence-electron chi connectivity index (χ3n) is 7.42. The van der Waals surface area contributed by atoms with Crippen molar-refractivity contribution in [2.75, 3.05) is 19.7 Å². The van der Waals surface area contributed by atoms with Gasteiger partial charge in [0, 0.05) is 35.1 Å². The predicted octanol–water partition coefficient (Wildman–Crippen LogP) is 4.63. The van der Waals surface area contributed by atoms with Crippen molar-refractivity contribution < 1.29 is 18.7 Å². The summed E-state index contributed by atoms with van der Waals surface area (Å²) in [4.78, 5) is 34.5. The van der Waals surface area contributed by atoms with Crippen LogP contribution in [-0.2, 0) is 22.4 Å². The van der Waals surface area contributed by atoms with Gasteiger partial charge in [0.15, 0.2) is 0 Å². The molecule has 188 valence electrons. The van der Waals surface area contributed by atoms with Crippen LogP contribution in [0.15, 0.2) is 72.8 Å². The van der Waals surface area contributed by atoms with E-state index in [-0.39, 0.29) is 24.2 Å². The van der Waals surface area contributed by atoms with E-state index >= 15 is 0 Å². The van der Waals surface area contributed by atoms with E-state index in [0.717, 1.165) is 33.3 Å². The molecule has 1 aromatic heterocycles. The van der Waals surface area contributed by atoms with E-state index in [2.05, 4.69) is 11.1 Å². The average molecular weight is 498 g/mol. The Bertz CT molecular complexity index is 1500. The summed E-state index contributed by atoms with van der Waals surface area (Å²) in [5, 5.41) is 1.06. The summed E-state index contributed by atoms with van der Waals surface area (Å²) < 4.78 is 19.6. The van der Waals surface area contributed by atoms with Crippen LogP contribution in [0.4, 0.5) is 4.39 Å². The van der Waals surface area contributed by atoms with E-state index in [4.69, 9.17) is 4.74 Å². The Labute approximate surface area is 214 Å². The molecule has 2 amide bonds. The highest BCUT2D eigenvalue weighted by molar-refractivity contribution is 5.97. The van der Waals surface area contributed by atoms with Gasteiger partial charge in [0.25, 0.3) is 0 Å². The van der Waals surface area contributed by atoms with Crippen molar-refractivity contribution in [2.24, 2.45) is 0 Å². The average Bonchev–Trinajstić information content (AvgIpc) is 3.28. The third kappa shape index (κ3) is 4.04. The molecule has 1 fully saturated rings. The van der Waals surface area contributed by atoms with Crippen LogP contribution in [0.2, 0.25) is 0 Å². The van der Waals surface area contributed by atoms with E-state index in [0.29, 0.717) is 31.7 Å². The van der Waals surface area contributed by atoms with Gasteiger partial charge in [-0.2, -0.15) is 0 Å². The number of halogens is 1. The Hall–Kier alpha value is -4.13. The van der Waals surface area contributed by atoms with Crippen molar-refractivity contribution in [1.29, 1.82) is 0 Å². The van der Waals surface area contributed by atoms with E-state index < -0.39 is 12.1 Å². The smallest absolute Gasteiger partial charge is 0.246 e. The van der Waals surface area contributed by atoms with Crippen LogP contribution in [0, 0.1) is 5.82 Å². The van der Waals surface area contributed by atoms with Gasteiger partial charge in [-0.15, -0.1) is 0 Å². The maximum atomic E-state index is 13.9. The summed E-state index contributed by atoms with van der Waals surface area (Å²) in [6, 6.07) is 21.1. The van der Waals surface area contributed by atoms with Crippen LogP contribution >= 0.6 is 0 Å². The van der Waals surface area contributed by atoms with Crippen molar-refractivity contribution in [3.8, 4) is 5.75 Å². The number of benzene rings is 3. The fraction of sp³-hybridized carbons (Fsp3) is 0.267. The van der Waals surface area contributed by atoms with Gasteiger partial charge in [-0.1, -0.05) is 48.5 Å². The second-order valence-corrected chi connectivity index (χ2v) is 9.60. The van der Waals surface area contributed by atoms with Crippen molar-refractivity contribution >= 4 is 22.7 Å². The van der Waals surface area contributed by atoms with E-state index in [1.165, 1.54) is 12.1 Å². The molecule has 0 unspecified atom stereocenters. The van der Waals surface area contributed by atoms with Gasteiger partial charge >= 0.3 is 0 Å². The predicted molar refractivity (Wildman–Crippen MR) is 139 cm³/mol. The maximum Gasteiger partial charge on any atom is 0.246 e. The number of para-hydroxylation sites is 2. The highest BCUT2D eigenvalue weighted by Crippen LogP contribution is 2.44. The summed E-state index contributed by atoms with van der Waals surface area (Å²) in [5.41, 5.74) is 4.62. The van der Waals surface area contributed by atoms with Crippen molar-refractivity contribution in [3.05, 3.63) is 101 Å². The Morgan fingerprint density at radius 1 is 1.03 bits per heavy atom. The van der Waals surface area contributed by atoms with Gasteiger partial charge in [0.05, 0.1) is 13.2 Å².